The molecular formula is C19H31N5O8. The fourth-order valence-electron chi connectivity index (χ4n) is 3.47. The van der Waals surface area contributed by atoms with E-state index in [9.17, 15) is 29.1 Å². The van der Waals surface area contributed by atoms with E-state index in [1.165, 1.54) is 0 Å². The minimum absolute atomic E-state index is 0.0175. The fraction of sp³-hybridized carbons (Fsp3) is 0.737. The van der Waals surface area contributed by atoms with Gasteiger partial charge in [0.1, 0.15) is 0 Å². The Morgan fingerprint density at radius 3 is 1.50 bits per heavy atom. The van der Waals surface area contributed by atoms with Crippen molar-refractivity contribution in [3.8, 4) is 0 Å². The summed E-state index contributed by atoms with van der Waals surface area (Å²) in [5.74, 6) is -3.77. The summed E-state index contributed by atoms with van der Waals surface area (Å²) in [6.07, 6.45) is 0.0351. The summed E-state index contributed by atoms with van der Waals surface area (Å²) in [5, 5.41) is 18.8. The first-order valence-electron chi connectivity index (χ1n) is 10.5. The van der Waals surface area contributed by atoms with Gasteiger partial charge in [0.25, 0.3) is 11.8 Å². The van der Waals surface area contributed by atoms with Crippen LogP contribution >= 0.6 is 0 Å². The normalized spacial score (nSPS) is 21.2. The van der Waals surface area contributed by atoms with Crippen LogP contribution in [-0.2, 0) is 28.8 Å². The number of likely N-dealkylation sites (N-methyl/N-ethyl adjacent to an activating group) is 1. The van der Waals surface area contributed by atoms with Crippen LogP contribution in [0.4, 0.5) is 0 Å². The second-order valence-electron chi connectivity index (χ2n) is 7.96. The summed E-state index contributed by atoms with van der Waals surface area (Å²) in [6, 6.07) is 0. The molecule has 0 aromatic carbocycles. The second kappa shape index (κ2) is 12.4. The molecule has 2 heterocycles. The van der Waals surface area contributed by atoms with Crippen LogP contribution in [-0.4, -0.2) is 144 Å². The molecule has 0 saturated carbocycles. The van der Waals surface area contributed by atoms with E-state index in [4.69, 9.17) is 9.94 Å². The van der Waals surface area contributed by atoms with Crippen LogP contribution in [0, 0.1) is 0 Å². The lowest BCUT2D eigenvalue weighted by atomic mass is 10.3. The summed E-state index contributed by atoms with van der Waals surface area (Å²) < 4.78 is 0. The standard InChI is InChI=1S/C19H31N5O8/c1-20-4-6-21(12-17(27)28)8-9-22(13-18(29)30)10-11-23(7-5-20)14-19(31)32-24-15(25)2-3-16(24)26/h2-14H2,1H3,(H,27,28)(H,29,30). The maximum atomic E-state index is 12.3. The van der Waals surface area contributed by atoms with Gasteiger partial charge in [0.05, 0.1) is 19.6 Å². The maximum absolute atomic E-state index is 12.3. The molecule has 2 rings (SSSR count). The highest BCUT2D eigenvalue weighted by atomic mass is 16.7. The van der Waals surface area contributed by atoms with E-state index < -0.39 is 29.7 Å². The van der Waals surface area contributed by atoms with E-state index in [1.807, 2.05) is 11.9 Å². The van der Waals surface area contributed by atoms with Gasteiger partial charge in [-0.2, -0.15) is 0 Å². The highest BCUT2D eigenvalue weighted by molar-refractivity contribution is 6.01. The van der Waals surface area contributed by atoms with Crippen LogP contribution in [0.2, 0.25) is 0 Å². The average Bonchev–Trinajstić information content (AvgIpc) is 3.01. The third-order valence-corrected chi connectivity index (χ3v) is 5.33. The molecule has 0 aromatic heterocycles. The zero-order valence-corrected chi connectivity index (χ0v) is 18.3. The second-order valence-corrected chi connectivity index (χ2v) is 7.96. The number of carboxylic acid groups (broad SMARTS) is 2. The lowest BCUT2D eigenvalue weighted by molar-refractivity contribution is -0.198. The van der Waals surface area contributed by atoms with Gasteiger partial charge in [-0.05, 0) is 7.05 Å². The van der Waals surface area contributed by atoms with Gasteiger partial charge < -0.3 is 20.0 Å². The predicted octanol–water partition coefficient (Wildman–Crippen LogP) is -2.39. The number of nitrogens with zero attached hydrogens (tertiary/aromatic N) is 5. The number of carbonyl (C=O) groups is 5. The molecule has 0 bridgehead atoms. The Morgan fingerprint density at radius 1 is 0.719 bits per heavy atom. The molecule has 13 heteroatoms. The fourth-order valence-corrected chi connectivity index (χ4v) is 3.47. The summed E-state index contributed by atoms with van der Waals surface area (Å²) in [7, 11) is 1.89. The van der Waals surface area contributed by atoms with Gasteiger partial charge in [-0.25, -0.2) is 4.79 Å². The molecule has 2 aliphatic heterocycles. The lowest BCUT2D eigenvalue weighted by Gasteiger charge is -2.32. The summed E-state index contributed by atoms with van der Waals surface area (Å²) in [5.41, 5.74) is 0. The molecule has 0 atom stereocenters. The molecule has 180 valence electrons. The molecule has 0 radical (unpaired) electrons. The van der Waals surface area contributed by atoms with Crippen molar-refractivity contribution in [2.75, 3.05) is 79.0 Å². The van der Waals surface area contributed by atoms with Crippen LogP contribution in [0.25, 0.3) is 0 Å². The third-order valence-electron chi connectivity index (χ3n) is 5.33. The SMILES string of the molecule is CN1CCN(CC(=O)O)CCN(CC(=O)O)CCN(CC(=O)ON2C(=O)CCC2=O)CC1. The predicted molar refractivity (Wildman–Crippen MR) is 109 cm³/mol. The van der Waals surface area contributed by atoms with Crippen LogP contribution in [0.5, 0.6) is 0 Å². The number of hydrogen-bond acceptors (Lipinski definition) is 10. The Morgan fingerprint density at radius 2 is 1.09 bits per heavy atom. The first-order valence-corrected chi connectivity index (χ1v) is 10.5. The number of rotatable bonds is 7. The van der Waals surface area contributed by atoms with Gasteiger partial charge in [0.2, 0.25) is 0 Å². The molecule has 0 aliphatic carbocycles. The van der Waals surface area contributed by atoms with Crippen molar-refractivity contribution in [1.82, 2.24) is 24.7 Å². The smallest absolute Gasteiger partial charge is 0.347 e. The van der Waals surface area contributed by atoms with Crippen LogP contribution in [0.1, 0.15) is 12.8 Å². The molecule has 2 amide bonds. The van der Waals surface area contributed by atoms with E-state index in [0.29, 0.717) is 57.4 Å². The number of carbonyl (C=O) groups excluding carboxylic acids is 3. The lowest BCUT2D eigenvalue weighted by Crippen LogP contribution is -2.48. The van der Waals surface area contributed by atoms with Gasteiger partial charge in [-0.1, -0.05) is 0 Å². The Bertz CT molecular complexity index is 702. The molecule has 2 fully saturated rings. The van der Waals surface area contributed by atoms with Gasteiger partial charge in [-0.3, -0.25) is 33.9 Å². The van der Waals surface area contributed by atoms with Gasteiger partial charge in [0.15, 0.2) is 0 Å². The minimum Gasteiger partial charge on any atom is -0.480 e. The zero-order chi connectivity index (χ0) is 23.7. The van der Waals surface area contributed by atoms with Crippen molar-refractivity contribution in [3.63, 3.8) is 0 Å². The maximum Gasteiger partial charge on any atom is 0.347 e. The topological polar surface area (TPSA) is 151 Å². The number of carboxylic acids is 2. The minimum atomic E-state index is -1.00. The highest BCUT2D eigenvalue weighted by Crippen LogP contribution is 2.12. The largest absolute Gasteiger partial charge is 0.480 e. The van der Waals surface area contributed by atoms with E-state index in [2.05, 4.69) is 0 Å². The van der Waals surface area contributed by atoms with E-state index >= 15 is 0 Å². The zero-order valence-electron chi connectivity index (χ0n) is 18.3. The van der Waals surface area contributed by atoms with E-state index in [-0.39, 0.29) is 32.5 Å². The molecule has 2 N–H and O–H groups in total. The van der Waals surface area contributed by atoms with E-state index in [0.717, 1.165) is 0 Å². The Labute approximate surface area is 186 Å². The van der Waals surface area contributed by atoms with Crippen molar-refractivity contribution in [1.29, 1.82) is 0 Å². The van der Waals surface area contributed by atoms with Crippen molar-refractivity contribution in [3.05, 3.63) is 0 Å². The number of hydroxylamine groups is 2. The Kier molecular flexibility index (Phi) is 9.97. The number of hydrogen-bond donors (Lipinski definition) is 2. The van der Waals surface area contributed by atoms with Gasteiger partial charge >= 0.3 is 17.9 Å². The quantitative estimate of drug-likeness (QED) is 0.393. The first-order chi connectivity index (χ1) is 15.1. The molecule has 2 saturated heterocycles. The van der Waals surface area contributed by atoms with Crippen molar-refractivity contribution in [2.45, 2.75) is 12.8 Å². The van der Waals surface area contributed by atoms with Crippen molar-refractivity contribution < 1.29 is 39.0 Å². The molecule has 0 spiro atoms. The van der Waals surface area contributed by atoms with Crippen LogP contribution in [0.15, 0.2) is 0 Å². The van der Waals surface area contributed by atoms with Crippen molar-refractivity contribution >= 4 is 29.7 Å². The number of amides is 2. The highest BCUT2D eigenvalue weighted by Gasteiger charge is 2.33. The molecule has 32 heavy (non-hydrogen) atoms. The molecule has 13 nitrogen and oxygen atoms in total. The molecule has 0 aromatic rings. The summed E-state index contributed by atoms with van der Waals surface area (Å²) in [6.45, 7) is 3.11. The Balaban J connectivity index is 2.00. The third kappa shape index (κ3) is 8.86. The van der Waals surface area contributed by atoms with Gasteiger partial charge in [-0.15, -0.1) is 5.06 Å². The van der Waals surface area contributed by atoms with Crippen LogP contribution < -0.4 is 0 Å². The summed E-state index contributed by atoms with van der Waals surface area (Å²) >= 11 is 0. The summed E-state index contributed by atoms with van der Waals surface area (Å²) in [4.78, 5) is 70.2. The monoisotopic (exact) mass is 457 g/mol. The molecule has 0 unspecified atom stereocenters. The molecular weight excluding hydrogens is 426 g/mol. The number of aliphatic carboxylic acids is 2. The molecule has 2 aliphatic rings. The van der Waals surface area contributed by atoms with E-state index in [1.54, 1.807) is 14.7 Å². The number of imide groups is 1. The van der Waals surface area contributed by atoms with Crippen molar-refractivity contribution in [2.24, 2.45) is 0 Å². The van der Waals surface area contributed by atoms with Gasteiger partial charge in [0, 0.05) is 65.2 Å². The average molecular weight is 457 g/mol. The Hall–Kier alpha value is -2.61. The first kappa shape index (κ1) is 25.6. The van der Waals surface area contributed by atoms with Crippen LogP contribution in [0.3, 0.4) is 0 Å².